The molecule has 194 valence electrons. The zero-order valence-corrected chi connectivity index (χ0v) is 19.6. The van der Waals surface area contributed by atoms with Gasteiger partial charge >= 0.3 is 5.97 Å². The van der Waals surface area contributed by atoms with Crippen molar-refractivity contribution >= 4 is 35.6 Å². The number of hydrogen-bond donors (Lipinski definition) is 9. The van der Waals surface area contributed by atoms with Crippen LogP contribution in [0.3, 0.4) is 0 Å². The molecule has 15 nitrogen and oxygen atoms in total. The maximum absolute atomic E-state index is 12.7. The summed E-state index contributed by atoms with van der Waals surface area (Å²) in [6, 6.07) is -3.07. The lowest BCUT2D eigenvalue weighted by Crippen LogP contribution is -2.54. The Kier molecular flexibility index (Phi) is 14.4. The van der Waals surface area contributed by atoms with E-state index in [1.54, 1.807) is 13.8 Å². The van der Waals surface area contributed by atoms with Crippen LogP contribution < -0.4 is 44.6 Å². The van der Waals surface area contributed by atoms with Crippen molar-refractivity contribution in [1.82, 2.24) is 16.0 Å². The minimum atomic E-state index is -1.20. The number of hydrogen-bond acceptors (Lipinski definition) is 7. The minimum absolute atomic E-state index is 0.0605. The highest BCUT2D eigenvalue weighted by Gasteiger charge is 2.28. The summed E-state index contributed by atoms with van der Waals surface area (Å²) in [4.78, 5) is 56.1. The van der Waals surface area contributed by atoms with E-state index >= 15 is 0 Å². The number of rotatable bonds is 16. The van der Waals surface area contributed by atoms with Gasteiger partial charge < -0.3 is 49.7 Å². The number of carboxylic acids is 1. The molecule has 0 aliphatic rings. The van der Waals surface area contributed by atoms with Gasteiger partial charge in [0.1, 0.15) is 12.1 Å². The van der Waals surface area contributed by atoms with E-state index in [-0.39, 0.29) is 30.8 Å². The zero-order chi connectivity index (χ0) is 26.3. The van der Waals surface area contributed by atoms with Crippen molar-refractivity contribution < 1.29 is 24.3 Å². The summed E-state index contributed by atoms with van der Waals surface area (Å²) in [5, 5.41) is 16.6. The van der Waals surface area contributed by atoms with Gasteiger partial charge in [-0.3, -0.25) is 24.4 Å². The lowest BCUT2D eigenvalue weighted by molar-refractivity contribution is -0.143. The standard InChI is InChI=1S/C19H38N10O5/c1-10(2)14(17(33)34)29-16(32)12(6-4-8-26-19(23)24)28-13(30)9-27-15(31)11(20)5-3-7-25-18(21)22/h10-12,14H,3-9,20H2,1-2H3,(H,27,31)(H,28,30)(H,29,32)(H,33,34)(H4,21,22,25)(H4,23,24,26). The predicted molar refractivity (Wildman–Crippen MR) is 127 cm³/mol. The van der Waals surface area contributed by atoms with Gasteiger partial charge in [0, 0.05) is 13.1 Å². The van der Waals surface area contributed by atoms with Gasteiger partial charge in [0.25, 0.3) is 0 Å². The van der Waals surface area contributed by atoms with Crippen molar-refractivity contribution in [2.45, 2.75) is 57.7 Å². The number of carboxylic acid groups (broad SMARTS) is 1. The highest BCUT2D eigenvalue weighted by Crippen LogP contribution is 2.05. The van der Waals surface area contributed by atoms with Gasteiger partial charge in [0.15, 0.2) is 11.9 Å². The van der Waals surface area contributed by atoms with Crippen LogP contribution in [0.1, 0.15) is 39.5 Å². The van der Waals surface area contributed by atoms with Crippen molar-refractivity contribution in [3.63, 3.8) is 0 Å². The van der Waals surface area contributed by atoms with E-state index in [9.17, 15) is 24.3 Å². The number of guanidine groups is 2. The summed E-state index contributed by atoms with van der Waals surface area (Å²) in [6.07, 6.45) is 1.24. The Morgan fingerprint density at radius 1 is 0.853 bits per heavy atom. The fourth-order valence-corrected chi connectivity index (χ4v) is 2.73. The first-order chi connectivity index (χ1) is 15.8. The molecule has 0 fully saturated rings. The summed E-state index contributed by atoms with van der Waals surface area (Å²) in [7, 11) is 0. The van der Waals surface area contributed by atoms with Gasteiger partial charge in [-0.1, -0.05) is 13.8 Å². The maximum Gasteiger partial charge on any atom is 0.326 e. The molecule has 0 saturated heterocycles. The second-order valence-corrected chi connectivity index (χ2v) is 7.91. The monoisotopic (exact) mass is 486 g/mol. The first-order valence-electron chi connectivity index (χ1n) is 10.8. The average molecular weight is 487 g/mol. The molecule has 0 saturated carbocycles. The molecule has 0 spiro atoms. The molecule has 0 aromatic rings. The number of amides is 3. The molecule has 3 amide bonds. The molecule has 0 aromatic heterocycles. The van der Waals surface area contributed by atoms with E-state index in [4.69, 9.17) is 28.7 Å². The number of nitrogens with zero attached hydrogens (tertiary/aromatic N) is 2. The lowest BCUT2D eigenvalue weighted by Gasteiger charge is -2.23. The summed E-state index contributed by atoms with van der Waals surface area (Å²) in [5.41, 5.74) is 26.8. The molecule has 0 aliphatic heterocycles. The van der Waals surface area contributed by atoms with Crippen molar-refractivity contribution in [1.29, 1.82) is 0 Å². The highest BCUT2D eigenvalue weighted by atomic mass is 16.4. The molecule has 0 aliphatic carbocycles. The first-order valence-corrected chi connectivity index (χ1v) is 10.8. The lowest BCUT2D eigenvalue weighted by atomic mass is 10.0. The highest BCUT2D eigenvalue weighted by molar-refractivity contribution is 5.92. The quantitative estimate of drug-likeness (QED) is 0.0583. The smallest absolute Gasteiger partial charge is 0.326 e. The molecule has 0 heterocycles. The molecule has 0 aromatic carbocycles. The van der Waals surface area contributed by atoms with Crippen molar-refractivity contribution in [3.05, 3.63) is 0 Å². The molecule has 0 bridgehead atoms. The molecule has 3 unspecified atom stereocenters. The number of carbonyl (C=O) groups is 4. The van der Waals surface area contributed by atoms with Gasteiger partial charge in [-0.2, -0.15) is 0 Å². The van der Waals surface area contributed by atoms with Crippen molar-refractivity contribution in [2.24, 2.45) is 44.6 Å². The van der Waals surface area contributed by atoms with Gasteiger partial charge in [-0.15, -0.1) is 0 Å². The van der Waals surface area contributed by atoms with Crippen LogP contribution >= 0.6 is 0 Å². The maximum atomic E-state index is 12.7. The topological polar surface area (TPSA) is 279 Å². The van der Waals surface area contributed by atoms with Gasteiger partial charge in [0.05, 0.1) is 12.6 Å². The second kappa shape index (κ2) is 16.1. The van der Waals surface area contributed by atoms with E-state index in [0.717, 1.165) is 0 Å². The molecular weight excluding hydrogens is 448 g/mol. The number of aliphatic carboxylic acids is 1. The summed E-state index contributed by atoms with van der Waals surface area (Å²) in [6.45, 7) is 3.38. The van der Waals surface area contributed by atoms with Gasteiger partial charge in [0.2, 0.25) is 17.7 Å². The number of carbonyl (C=O) groups excluding carboxylic acids is 3. The third kappa shape index (κ3) is 13.7. The van der Waals surface area contributed by atoms with Crippen LogP contribution in [0.25, 0.3) is 0 Å². The number of aliphatic imine (C=N–C) groups is 2. The second-order valence-electron chi connectivity index (χ2n) is 7.91. The third-order valence-electron chi connectivity index (χ3n) is 4.56. The first kappa shape index (κ1) is 30.4. The SMILES string of the molecule is CC(C)C(NC(=O)C(CCCN=C(N)N)NC(=O)CNC(=O)C(N)CCCN=C(N)N)C(=O)O. The molecule has 0 rings (SSSR count). The number of nitrogens with two attached hydrogens (primary N) is 5. The summed E-state index contributed by atoms with van der Waals surface area (Å²) < 4.78 is 0. The van der Waals surface area contributed by atoms with E-state index in [0.29, 0.717) is 25.8 Å². The Morgan fingerprint density at radius 2 is 1.38 bits per heavy atom. The largest absolute Gasteiger partial charge is 0.480 e. The molecule has 14 N–H and O–H groups in total. The fraction of sp³-hybridized carbons (Fsp3) is 0.684. The zero-order valence-electron chi connectivity index (χ0n) is 19.6. The van der Waals surface area contributed by atoms with E-state index in [1.807, 2.05) is 0 Å². The Bertz CT molecular complexity index is 748. The Balaban J connectivity index is 4.91. The van der Waals surface area contributed by atoms with E-state index in [2.05, 4.69) is 25.9 Å². The minimum Gasteiger partial charge on any atom is -0.480 e. The van der Waals surface area contributed by atoms with Crippen LogP contribution in [-0.4, -0.2) is 78.5 Å². The molecule has 3 atom stereocenters. The van der Waals surface area contributed by atoms with Gasteiger partial charge in [-0.05, 0) is 31.6 Å². The van der Waals surface area contributed by atoms with Crippen LogP contribution in [0.4, 0.5) is 0 Å². The number of nitrogens with one attached hydrogen (secondary N) is 3. The van der Waals surface area contributed by atoms with E-state index < -0.39 is 48.4 Å². The molecule has 15 heteroatoms. The van der Waals surface area contributed by atoms with Crippen LogP contribution in [0, 0.1) is 5.92 Å². The molecular formula is C19H38N10O5. The predicted octanol–water partition coefficient (Wildman–Crippen LogP) is -3.75. The normalized spacial score (nSPS) is 13.2. The van der Waals surface area contributed by atoms with Gasteiger partial charge in [-0.25, -0.2) is 4.79 Å². The van der Waals surface area contributed by atoms with Crippen LogP contribution in [0.2, 0.25) is 0 Å². The van der Waals surface area contributed by atoms with Crippen LogP contribution in [-0.2, 0) is 19.2 Å². The van der Waals surface area contributed by atoms with Crippen molar-refractivity contribution in [3.8, 4) is 0 Å². The molecule has 0 radical (unpaired) electrons. The van der Waals surface area contributed by atoms with Crippen LogP contribution in [0.15, 0.2) is 9.98 Å². The average Bonchev–Trinajstić information content (AvgIpc) is 2.74. The van der Waals surface area contributed by atoms with E-state index in [1.165, 1.54) is 0 Å². The molecule has 34 heavy (non-hydrogen) atoms. The third-order valence-corrected chi connectivity index (χ3v) is 4.56. The van der Waals surface area contributed by atoms with Crippen LogP contribution in [0.5, 0.6) is 0 Å². The Morgan fingerprint density at radius 3 is 1.85 bits per heavy atom. The van der Waals surface area contributed by atoms with Crippen molar-refractivity contribution in [2.75, 3.05) is 19.6 Å². The fourth-order valence-electron chi connectivity index (χ4n) is 2.73. The Hall–Kier alpha value is -3.62. The summed E-state index contributed by atoms with van der Waals surface area (Å²) >= 11 is 0. The Labute approximate surface area is 198 Å². The summed E-state index contributed by atoms with van der Waals surface area (Å²) in [5.74, 6) is -3.65.